The number of hydrogen-bond acceptors (Lipinski definition) is 3. The standard InChI is InChI=1S/C11H10BrIN4O/c12-10-2-1-8(13)7-9(10)11(18)14-3-5-17-6-4-15-16-17/h1-2,4,6-7H,3,5H2,(H,14,18). The summed E-state index contributed by atoms with van der Waals surface area (Å²) in [7, 11) is 0. The molecule has 94 valence electrons. The predicted octanol–water partition coefficient (Wildman–Crippen LogP) is 2.08. The molecule has 0 aliphatic heterocycles. The second-order valence-corrected chi connectivity index (χ2v) is 5.65. The lowest BCUT2D eigenvalue weighted by molar-refractivity contribution is 0.0951. The molecule has 0 aliphatic rings. The van der Waals surface area contributed by atoms with Crippen LogP contribution in [0.3, 0.4) is 0 Å². The van der Waals surface area contributed by atoms with E-state index in [1.165, 1.54) is 0 Å². The first-order valence-electron chi connectivity index (χ1n) is 5.24. The van der Waals surface area contributed by atoms with Gasteiger partial charge >= 0.3 is 0 Å². The van der Waals surface area contributed by atoms with E-state index in [0.29, 0.717) is 18.7 Å². The fraction of sp³-hybridized carbons (Fsp3) is 0.182. The van der Waals surface area contributed by atoms with Crippen molar-refractivity contribution in [2.24, 2.45) is 0 Å². The zero-order valence-corrected chi connectivity index (χ0v) is 13.1. The SMILES string of the molecule is O=C(NCCn1ccnn1)c1cc(I)ccc1Br. The summed E-state index contributed by atoms with van der Waals surface area (Å²) in [5.41, 5.74) is 0.639. The third kappa shape index (κ3) is 3.52. The Morgan fingerprint density at radius 2 is 2.33 bits per heavy atom. The van der Waals surface area contributed by atoms with Crippen molar-refractivity contribution < 1.29 is 4.79 Å². The Morgan fingerprint density at radius 3 is 3.06 bits per heavy atom. The first-order valence-corrected chi connectivity index (χ1v) is 7.11. The minimum absolute atomic E-state index is 0.0968. The van der Waals surface area contributed by atoms with Crippen LogP contribution in [0.15, 0.2) is 35.1 Å². The second-order valence-electron chi connectivity index (χ2n) is 3.55. The van der Waals surface area contributed by atoms with Gasteiger partial charge in [-0.25, -0.2) is 0 Å². The van der Waals surface area contributed by atoms with E-state index in [9.17, 15) is 4.79 Å². The molecule has 1 N–H and O–H groups in total. The summed E-state index contributed by atoms with van der Waals surface area (Å²) < 4.78 is 3.49. The van der Waals surface area contributed by atoms with Crippen molar-refractivity contribution >= 4 is 44.4 Å². The summed E-state index contributed by atoms with van der Waals surface area (Å²) in [5, 5.41) is 10.4. The molecule has 1 amide bonds. The molecular formula is C11H10BrIN4O. The number of halogens is 2. The van der Waals surface area contributed by atoms with Crippen LogP contribution in [-0.4, -0.2) is 27.4 Å². The van der Waals surface area contributed by atoms with Crippen LogP contribution in [-0.2, 0) is 6.54 Å². The van der Waals surface area contributed by atoms with Crippen LogP contribution < -0.4 is 5.32 Å². The average molecular weight is 421 g/mol. The van der Waals surface area contributed by atoms with Crippen molar-refractivity contribution in [2.45, 2.75) is 6.54 Å². The highest BCUT2D eigenvalue weighted by atomic mass is 127. The number of carbonyl (C=O) groups is 1. The summed E-state index contributed by atoms with van der Waals surface area (Å²) in [6.45, 7) is 1.12. The highest BCUT2D eigenvalue weighted by Gasteiger charge is 2.09. The van der Waals surface area contributed by atoms with E-state index in [1.54, 1.807) is 17.1 Å². The van der Waals surface area contributed by atoms with Gasteiger partial charge in [0.15, 0.2) is 0 Å². The molecule has 0 aliphatic carbocycles. The largest absolute Gasteiger partial charge is 0.350 e. The third-order valence-corrected chi connectivity index (χ3v) is 3.63. The topological polar surface area (TPSA) is 59.8 Å². The lowest BCUT2D eigenvalue weighted by atomic mass is 10.2. The van der Waals surface area contributed by atoms with E-state index in [2.05, 4.69) is 54.1 Å². The molecule has 1 aromatic carbocycles. The van der Waals surface area contributed by atoms with Crippen LogP contribution in [0.4, 0.5) is 0 Å². The zero-order valence-electron chi connectivity index (χ0n) is 9.31. The minimum atomic E-state index is -0.0968. The van der Waals surface area contributed by atoms with Crippen LogP contribution in [0.1, 0.15) is 10.4 Å². The highest BCUT2D eigenvalue weighted by Crippen LogP contribution is 2.19. The Bertz CT molecular complexity index is 544. The second kappa shape index (κ2) is 6.28. The molecule has 2 aromatic rings. The maximum Gasteiger partial charge on any atom is 0.252 e. The quantitative estimate of drug-likeness (QED) is 0.770. The molecule has 0 atom stereocenters. The van der Waals surface area contributed by atoms with Gasteiger partial charge in [-0.05, 0) is 56.7 Å². The van der Waals surface area contributed by atoms with E-state index >= 15 is 0 Å². The lowest BCUT2D eigenvalue weighted by Crippen LogP contribution is -2.27. The summed E-state index contributed by atoms with van der Waals surface area (Å²) in [5.74, 6) is -0.0968. The first kappa shape index (κ1) is 13.5. The molecule has 0 spiro atoms. The lowest BCUT2D eigenvalue weighted by Gasteiger charge is -2.07. The molecule has 1 heterocycles. The summed E-state index contributed by atoms with van der Waals surface area (Å²) in [4.78, 5) is 12.0. The monoisotopic (exact) mass is 420 g/mol. The Morgan fingerprint density at radius 1 is 1.50 bits per heavy atom. The van der Waals surface area contributed by atoms with Crippen molar-refractivity contribution in [2.75, 3.05) is 6.54 Å². The van der Waals surface area contributed by atoms with Crippen molar-refractivity contribution in [3.8, 4) is 0 Å². The van der Waals surface area contributed by atoms with Gasteiger partial charge in [0.05, 0.1) is 18.3 Å². The number of benzene rings is 1. The van der Waals surface area contributed by atoms with Gasteiger partial charge in [0.1, 0.15) is 0 Å². The maximum absolute atomic E-state index is 12.0. The van der Waals surface area contributed by atoms with Crippen molar-refractivity contribution in [1.29, 1.82) is 0 Å². The van der Waals surface area contributed by atoms with Crippen LogP contribution >= 0.6 is 38.5 Å². The Hall–Kier alpha value is -0.960. The minimum Gasteiger partial charge on any atom is -0.350 e. The van der Waals surface area contributed by atoms with Gasteiger partial charge < -0.3 is 5.32 Å². The summed E-state index contributed by atoms with van der Waals surface area (Å²) in [6, 6.07) is 5.65. The Balaban J connectivity index is 1.93. The number of nitrogens with one attached hydrogen (secondary N) is 1. The van der Waals surface area contributed by atoms with E-state index in [4.69, 9.17) is 0 Å². The van der Waals surface area contributed by atoms with E-state index in [1.807, 2.05) is 18.2 Å². The summed E-state index contributed by atoms with van der Waals surface area (Å²) >= 11 is 5.55. The van der Waals surface area contributed by atoms with E-state index < -0.39 is 0 Å². The number of nitrogens with zero attached hydrogens (tertiary/aromatic N) is 3. The molecule has 5 nitrogen and oxygen atoms in total. The normalized spacial score (nSPS) is 10.3. The molecule has 1 aromatic heterocycles. The van der Waals surface area contributed by atoms with Gasteiger partial charge in [-0.15, -0.1) is 5.10 Å². The van der Waals surface area contributed by atoms with Crippen molar-refractivity contribution in [3.63, 3.8) is 0 Å². The van der Waals surface area contributed by atoms with Gasteiger partial charge in [0, 0.05) is 20.8 Å². The number of carbonyl (C=O) groups excluding carboxylic acids is 1. The van der Waals surface area contributed by atoms with Crippen LogP contribution in [0.5, 0.6) is 0 Å². The molecule has 0 fully saturated rings. The molecule has 0 radical (unpaired) electrons. The highest BCUT2D eigenvalue weighted by molar-refractivity contribution is 14.1. The first-order chi connectivity index (χ1) is 8.66. The fourth-order valence-electron chi connectivity index (χ4n) is 1.40. The van der Waals surface area contributed by atoms with Gasteiger partial charge in [0.2, 0.25) is 0 Å². The van der Waals surface area contributed by atoms with Crippen LogP contribution in [0, 0.1) is 3.57 Å². The number of amides is 1. The molecule has 0 saturated carbocycles. The van der Waals surface area contributed by atoms with Gasteiger partial charge in [-0.3, -0.25) is 9.48 Å². The van der Waals surface area contributed by atoms with Gasteiger partial charge in [-0.2, -0.15) is 0 Å². The third-order valence-electron chi connectivity index (χ3n) is 2.27. The number of aromatic nitrogens is 3. The Kier molecular flexibility index (Phi) is 4.70. The molecular weight excluding hydrogens is 411 g/mol. The maximum atomic E-state index is 12.0. The van der Waals surface area contributed by atoms with Crippen molar-refractivity contribution in [3.05, 3.63) is 44.2 Å². The molecule has 7 heteroatoms. The number of hydrogen-bond donors (Lipinski definition) is 1. The molecule has 0 saturated heterocycles. The fourth-order valence-corrected chi connectivity index (χ4v) is 2.32. The van der Waals surface area contributed by atoms with Crippen LogP contribution in [0.2, 0.25) is 0 Å². The molecule has 18 heavy (non-hydrogen) atoms. The Labute approximate surface area is 126 Å². The smallest absolute Gasteiger partial charge is 0.252 e. The van der Waals surface area contributed by atoms with E-state index in [-0.39, 0.29) is 5.91 Å². The van der Waals surface area contributed by atoms with Gasteiger partial charge in [0.25, 0.3) is 5.91 Å². The number of rotatable bonds is 4. The summed E-state index contributed by atoms with van der Waals surface area (Å²) in [6.07, 6.45) is 3.37. The average Bonchev–Trinajstić information content (AvgIpc) is 2.85. The molecule has 2 rings (SSSR count). The molecule has 0 bridgehead atoms. The molecule has 0 unspecified atom stereocenters. The van der Waals surface area contributed by atoms with E-state index in [0.717, 1.165) is 8.04 Å². The zero-order chi connectivity index (χ0) is 13.0. The predicted molar refractivity (Wildman–Crippen MR) is 79.2 cm³/mol. The van der Waals surface area contributed by atoms with Crippen LogP contribution in [0.25, 0.3) is 0 Å². The van der Waals surface area contributed by atoms with Crippen molar-refractivity contribution in [1.82, 2.24) is 20.3 Å². The van der Waals surface area contributed by atoms with Gasteiger partial charge in [-0.1, -0.05) is 5.21 Å².